The van der Waals surface area contributed by atoms with Gasteiger partial charge >= 0.3 is 0 Å². The van der Waals surface area contributed by atoms with Gasteiger partial charge in [-0.25, -0.2) is 8.78 Å². The van der Waals surface area contributed by atoms with Gasteiger partial charge in [0.25, 0.3) is 5.91 Å². The predicted molar refractivity (Wildman–Crippen MR) is 65.7 cm³/mol. The lowest BCUT2D eigenvalue weighted by atomic mass is 10.1. The molecule has 18 heavy (non-hydrogen) atoms. The lowest BCUT2D eigenvalue weighted by molar-refractivity contribution is 0.0756. The molecule has 2 nitrogen and oxygen atoms in total. The fourth-order valence-corrected chi connectivity index (χ4v) is 2.28. The second kappa shape index (κ2) is 5.65. The van der Waals surface area contributed by atoms with Crippen molar-refractivity contribution in [2.75, 3.05) is 13.1 Å². The van der Waals surface area contributed by atoms with E-state index < -0.39 is 17.5 Å². The Balaban J connectivity index is 2.24. The Morgan fingerprint density at radius 3 is 2.28 bits per heavy atom. The van der Waals surface area contributed by atoms with E-state index in [1.54, 1.807) is 4.90 Å². The standard InChI is InChI=1S/C13H14ClF2NO/c14-10-8-11(15)9(7-12(10)16)13(18)17-5-3-1-2-4-6-17/h7-8H,1-6H2. The number of carbonyl (C=O) groups is 1. The van der Waals surface area contributed by atoms with Gasteiger partial charge in [0.05, 0.1) is 10.6 Å². The van der Waals surface area contributed by atoms with Gasteiger partial charge in [-0.15, -0.1) is 0 Å². The molecule has 1 aliphatic rings. The van der Waals surface area contributed by atoms with Crippen molar-refractivity contribution in [1.82, 2.24) is 4.90 Å². The monoisotopic (exact) mass is 273 g/mol. The van der Waals surface area contributed by atoms with Gasteiger partial charge in [0, 0.05) is 13.1 Å². The molecule has 5 heteroatoms. The first-order chi connectivity index (χ1) is 8.59. The lowest BCUT2D eigenvalue weighted by Crippen LogP contribution is -2.32. The molecule has 98 valence electrons. The second-order valence-electron chi connectivity index (χ2n) is 4.45. The summed E-state index contributed by atoms with van der Waals surface area (Å²) >= 11 is 5.46. The summed E-state index contributed by atoms with van der Waals surface area (Å²) in [5.74, 6) is -1.99. The fourth-order valence-electron chi connectivity index (χ4n) is 2.13. The maximum atomic E-state index is 13.6. The highest BCUT2D eigenvalue weighted by Crippen LogP contribution is 2.21. The van der Waals surface area contributed by atoms with Gasteiger partial charge in [-0.3, -0.25) is 4.79 Å². The molecule has 1 aromatic carbocycles. The van der Waals surface area contributed by atoms with Crippen molar-refractivity contribution in [3.63, 3.8) is 0 Å². The number of benzene rings is 1. The van der Waals surface area contributed by atoms with Crippen LogP contribution in [0.25, 0.3) is 0 Å². The van der Waals surface area contributed by atoms with Crippen LogP contribution in [-0.4, -0.2) is 23.9 Å². The third-order valence-corrected chi connectivity index (χ3v) is 3.42. The van der Waals surface area contributed by atoms with Crippen molar-refractivity contribution < 1.29 is 13.6 Å². The van der Waals surface area contributed by atoms with Crippen LogP contribution in [0.15, 0.2) is 12.1 Å². The van der Waals surface area contributed by atoms with Crippen LogP contribution in [0, 0.1) is 11.6 Å². The van der Waals surface area contributed by atoms with Gasteiger partial charge in [-0.2, -0.15) is 0 Å². The molecule has 1 aromatic rings. The summed E-state index contributed by atoms with van der Waals surface area (Å²) in [4.78, 5) is 13.7. The molecule has 0 radical (unpaired) electrons. The molecule has 1 heterocycles. The maximum absolute atomic E-state index is 13.6. The minimum atomic E-state index is -0.768. The van der Waals surface area contributed by atoms with E-state index in [0.29, 0.717) is 13.1 Å². The van der Waals surface area contributed by atoms with Gasteiger partial charge in [0.1, 0.15) is 11.6 Å². The molecule has 0 spiro atoms. The molecule has 0 aromatic heterocycles. The Morgan fingerprint density at radius 2 is 1.67 bits per heavy atom. The number of hydrogen-bond donors (Lipinski definition) is 0. The van der Waals surface area contributed by atoms with E-state index in [-0.39, 0.29) is 10.6 Å². The largest absolute Gasteiger partial charge is 0.339 e. The Bertz CT molecular complexity index is 457. The predicted octanol–water partition coefficient (Wildman–Crippen LogP) is 3.63. The quantitative estimate of drug-likeness (QED) is 0.716. The number of hydrogen-bond acceptors (Lipinski definition) is 1. The first kappa shape index (κ1) is 13.3. The summed E-state index contributed by atoms with van der Waals surface area (Å²) in [6.45, 7) is 1.20. The summed E-state index contributed by atoms with van der Waals surface area (Å²) < 4.78 is 26.9. The molecule has 0 N–H and O–H groups in total. The number of nitrogens with zero attached hydrogens (tertiary/aromatic N) is 1. The topological polar surface area (TPSA) is 20.3 Å². The Hall–Kier alpha value is -1.16. The number of halogens is 3. The summed E-state index contributed by atoms with van der Waals surface area (Å²) in [6.07, 6.45) is 3.95. The van der Waals surface area contributed by atoms with Crippen molar-refractivity contribution in [1.29, 1.82) is 0 Å². The number of rotatable bonds is 1. The average Bonchev–Trinajstić information content (AvgIpc) is 2.61. The van der Waals surface area contributed by atoms with Crippen LogP contribution in [0.4, 0.5) is 8.78 Å². The molecule has 1 amide bonds. The van der Waals surface area contributed by atoms with Gasteiger partial charge in [0.2, 0.25) is 0 Å². The van der Waals surface area contributed by atoms with Crippen LogP contribution in [0.1, 0.15) is 36.0 Å². The van der Waals surface area contributed by atoms with Crippen molar-refractivity contribution in [3.8, 4) is 0 Å². The van der Waals surface area contributed by atoms with Gasteiger partial charge in [-0.05, 0) is 25.0 Å². The highest BCUT2D eigenvalue weighted by atomic mass is 35.5. The summed E-state index contributed by atoms with van der Waals surface area (Å²) in [6, 6.07) is 1.73. The van der Waals surface area contributed by atoms with Crippen LogP contribution in [0.3, 0.4) is 0 Å². The van der Waals surface area contributed by atoms with Crippen molar-refractivity contribution in [3.05, 3.63) is 34.4 Å². The minimum absolute atomic E-state index is 0.237. The molecule has 0 bridgehead atoms. The van der Waals surface area contributed by atoms with Gasteiger partial charge < -0.3 is 4.90 Å². The summed E-state index contributed by atoms with van der Waals surface area (Å²) in [7, 11) is 0. The van der Waals surface area contributed by atoms with E-state index >= 15 is 0 Å². The zero-order valence-corrected chi connectivity index (χ0v) is 10.6. The van der Waals surface area contributed by atoms with Crippen LogP contribution < -0.4 is 0 Å². The molecule has 0 aliphatic carbocycles. The number of amides is 1. The average molecular weight is 274 g/mol. The Morgan fingerprint density at radius 1 is 1.06 bits per heavy atom. The molecule has 1 fully saturated rings. The third kappa shape index (κ3) is 2.80. The fraction of sp³-hybridized carbons (Fsp3) is 0.462. The van der Waals surface area contributed by atoms with E-state index in [9.17, 15) is 13.6 Å². The Kier molecular flexibility index (Phi) is 4.17. The third-order valence-electron chi connectivity index (χ3n) is 3.13. The van der Waals surface area contributed by atoms with Gasteiger partial charge in [-0.1, -0.05) is 24.4 Å². The van der Waals surface area contributed by atoms with Crippen molar-refractivity contribution in [2.45, 2.75) is 25.7 Å². The van der Waals surface area contributed by atoms with E-state index in [1.807, 2.05) is 0 Å². The van der Waals surface area contributed by atoms with Crippen LogP contribution in [-0.2, 0) is 0 Å². The highest BCUT2D eigenvalue weighted by molar-refractivity contribution is 6.30. The normalized spacial score (nSPS) is 16.5. The summed E-state index contributed by atoms with van der Waals surface area (Å²) in [5, 5.41) is -0.306. The van der Waals surface area contributed by atoms with Crippen molar-refractivity contribution in [2.24, 2.45) is 0 Å². The first-order valence-corrected chi connectivity index (χ1v) is 6.41. The van der Waals surface area contributed by atoms with Gasteiger partial charge in [0.15, 0.2) is 0 Å². The molecular formula is C13H14ClF2NO. The van der Waals surface area contributed by atoms with E-state index in [2.05, 4.69) is 0 Å². The smallest absolute Gasteiger partial charge is 0.256 e. The van der Waals surface area contributed by atoms with E-state index in [0.717, 1.165) is 37.8 Å². The molecule has 0 unspecified atom stereocenters. The second-order valence-corrected chi connectivity index (χ2v) is 4.86. The van der Waals surface area contributed by atoms with Crippen LogP contribution >= 0.6 is 11.6 Å². The molecule has 1 aliphatic heterocycles. The molecule has 0 atom stereocenters. The first-order valence-electron chi connectivity index (χ1n) is 6.03. The van der Waals surface area contributed by atoms with E-state index in [4.69, 9.17) is 11.6 Å². The highest BCUT2D eigenvalue weighted by Gasteiger charge is 2.21. The maximum Gasteiger partial charge on any atom is 0.256 e. The molecule has 0 saturated carbocycles. The zero-order chi connectivity index (χ0) is 13.1. The molecule has 2 rings (SSSR count). The summed E-state index contributed by atoms with van der Waals surface area (Å²) in [5.41, 5.74) is -0.237. The van der Waals surface area contributed by atoms with E-state index in [1.165, 1.54) is 0 Å². The number of carbonyl (C=O) groups excluding carboxylic acids is 1. The van der Waals surface area contributed by atoms with Crippen LogP contribution in [0.5, 0.6) is 0 Å². The van der Waals surface area contributed by atoms with Crippen molar-refractivity contribution >= 4 is 17.5 Å². The SMILES string of the molecule is O=C(c1cc(F)c(Cl)cc1F)N1CCCCCC1. The lowest BCUT2D eigenvalue weighted by Gasteiger charge is -2.20. The molecular weight excluding hydrogens is 260 g/mol. The molecule has 1 saturated heterocycles. The Labute approximate surface area is 110 Å². The number of likely N-dealkylation sites (tertiary alicyclic amines) is 1. The van der Waals surface area contributed by atoms with Crippen LogP contribution in [0.2, 0.25) is 5.02 Å². The minimum Gasteiger partial charge on any atom is -0.339 e. The zero-order valence-electron chi connectivity index (χ0n) is 9.89.